The van der Waals surface area contributed by atoms with Gasteiger partial charge in [0.05, 0.1) is 4.90 Å². The third-order valence-electron chi connectivity index (χ3n) is 6.52. The predicted octanol–water partition coefficient (Wildman–Crippen LogP) is 5.98. The molecular formula is C28H28N2O3S. The van der Waals surface area contributed by atoms with Crippen LogP contribution in [0.5, 0.6) is 0 Å². The van der Waals surface area contributed by atoms with Crippen LogP contribution in [0.4, 0.5) is 0 Å². The molecule has 0 spiro atoms. The Kier molecular flexibility index (Phi) is 6.19. The van der Waals surface area contributed by atoms with Crippen molar-refractivity contribution in [1.29, 1.82) is 0 Å². The summed E-state index contributed by atoms with van der Waals surface area (Å²) in [7, 11) is -3.93. The number of hydrogen-bond acceptors (Lipinski definition) is 3. The summed E-state index contributed by atoms with van der Waals surface area (Å²) in [6.45, 7) is 9.89. The van der Waals surface area contributed by atoms with Gasteiger partial charge in [-0.15, -0.1) is 0 Å². The highest BCUT2D eigenvalue weighted by Crippen LogP contribution is 2.36. The molecule has 1 heterocycles. The van der Waals surface area contributed by atoms with Crippen molar-refractivity contribution >= 4 is 32.9 Å². The molecule has 0 radical (unpaired) electrons. The minimum absolute atomic E-state index is 0.0546. The summed E-state index contributed by atoms with van der Waals surface area (Å²) in [4.78, 5) is 16.0. The van der Waals surface area contributed by atoms with Crippen LogP contribution < -0.4 is 4.72 Å². The highest BCUT2D eigenvalue weighted by molar-refractivity contribution is 7.90. The molecule has 0 saturated carbocycles. The second kappa shape index (κ2) is 8.95. The summed E-state index contributed by atoms with van der Waals surface area (Å²) < 4.78 is 27.3. The molecule has 4 rings (SSSR count). The van der Waals surface area contributed by atoms with Crippen LogP contribution in [0.15, 0.2) is 71.3 Å². The van der Waals surface area contributed by atoms with Crippen molar-refractivity contribution < 1.29 is 13.2 Å². The summed E-state index contributed by atoms with van der Waals surface area (Å²) in [5.41, 5.74) is 9.08. The quantitative estimate of drug-likeness (QED) is 0.351. The molecule has 2 N–H and O–H groups in total. The van der Waals surface area contributed by atoms with E-state index in [1.54, 1.807) is 31.2 Å². The Labute approximate surface area is 200 Å². The number of benzene rings is 3. The lowest BCUT2D eigenvalue weighted by molar-refractivity contribution is -0.115. The number of rotatable bonds is 5. The molecule has 0 aliphatic carbocycles. The molecule has 1 amide bonds. The van der Waals surface area contributed by atoms with Gasteiger partial charge in [0.25, 0.3) is 15.9 Å². The number of amides is 1. The molecule has 0 aliphatic heterocycles. The van der Waals surface area contributed by atoms with E-state index < -0.39 is 15.9 Å². The lowest BCUT2D eigenvalue weighted by Gasteiger charge is -2.20. The zero-order valence-electron chi connectivity index (χ0n) is 20.0. The van der Waals surface area contributed by atoms with Gasteiger partial charge in [0, 0.05) is 17.3 Å². The number of fused-ring (bicyclic) bond motifs is 1. The fourth-order valence-electron chi connectivity index (χ4n) is 4.34. The standard InChI is InChI=1S/C28H28N2O3S/c1-17(28(31)30-34(32,33)24-9-7-6-8-10-24)15-25-18(2)20(4)27(21(5)19(25)3)23-11-12-26-22(16-23)13-14-29-26/h6-16,29H,1-5H3,(H,30,31). The first-order chi connectivity index (χ1) is 16.1. The topological polar surface area (TPSA) is 79.0 Å². The third kappa shape index (κ3) is 4.29. The lowest BCUT2D eigenvalue weighted by atomic mass is 9.85. The van der Waals surface area contributed by atoms with Crippen LogP contribution in [0.3, 0.4) is 0 Å². The van der Waals surface area contributed by atoms with Crippen LogP contribution >= 0.6 is 0 Å². The van der Waals surface area contributed by atoms with Crippen LogP contribution in [0.1, 0.15) is 34.7 Å². The van der Waals surface area contributed by atoms with E-state index in [2.05, 4.69) is 47.8 Å². The molecule has 0 fully saturated rings. The summed E-state index contributed by atoms with van der Waals surface area (Å²) in [6, 6.07) is 16.3. The number of nitrogens with one attached hydrogen (secondary N) is 2. The van der Waals surface area contributed by atoms with E-state index in [0.717, 1.165) is 44.3 Å². The minimum atomic E-state index is -3.93. The van der Waals surface area contributed by atoms with Gasteiger partial charge >= 0.3 is 0 Å². The molecule has 4 aromatic rings. The zero-order chi connectivity index (χ0) is 24.6. The molecule has 0 saturated heterocycles. The number of carbonyl (C=O) groups is 1. The maximum atomic E-state index is 12.8. The van der Waals surface area contributed by atoms with Crippen LogP contribution in [-0.2, 0) is 14.8 Å². The van der Waals surface area contributed by atoms with Crippen molar-refractivity contribution in [2.75, 3.05) is 0 Å². The van der Waals surface area contributed by atoms with Gasteiger partial charge in [0.15, 0.2) is 0 Å². The number of hydrogen-bond donors (Lipinski definition) is 2. The normalized spacial score (nSPS) is 12.2. The maximum absolute atomic E-state index is 12.8. The number of sulfonamides is 1. The summed E-state index contributed by atoms with van der Waals surface area (Å²) in [6.07, 6.45) is 3.71. The Morgan fingerprint density at radius 2 is 1.53 bits per heavy atom. The smallest absolute Gasteiger partial charge is 0.264 e. The molecule has 34 heavy (non-hydrogen) atoms. The molecule has 0 bridgehead atoms. The minimum Gasteiger partial charge on any atom is -0.361 e. The van der Waals surface area contributed by atoms with E-state index in [0.29, 0.717) is 5.57 Å². The Balaban J connectivity index is 1.71. The molecule has 0 atom stereocenters. The van der Waals surface area contributed by atoms with Gasteiger partial charge in [-0.2, -0.15) is 0 Å². The average molecular weight is 473 g/mol. The van der Waals surface area contributed by atoms with Crippen LogP contribution in [0.2, 0.25) is 0 Å². The van der Waals surface area contributed by atoms with Gasteiger partial charge in [-0.3, -0.25) is 4.79 Å². The number of H-pyrrole nitrogens is 1. The molecule has 3 aromatic carbocycles. The SMILES string of the molecule is CC(=Cc1c(C)c(C)c(-c2ccc3[nH]ccc3c2)c(C)c1C)C(=O)NS(=O)(=O)c1ccccc1. The van der Waals surface area contributed by atoms with E-state index in [9.17, 15) is 13.2 Å². The van der Waals surface area contributed by atoms with Crippen LogP contribution in [0.25, 0.3) is 28.1 Å². The Bertz CT molecular complexity index is 1520. The van der Waals surface area contributed by atoms with Gasteiger partial charge in [-0.1, -0.05) is 24.3 Å². The van der Waals surface area contributed by atoms with Crippen molar-refractivity contribution in [3.05, 3.63) is 94.2 Å². The second-order valence-electron chi connectivity index (χ2n) is 8.64. The first-order valence-corrected chi connectivity index (χ1v) is 12.6. The molecule has 1 aromatic heterocycles. The molecule has 5 nitrogen and oxygen atoms in total. The van der Waals surface area contributed by atoms with Gasteiger partial charge in [0.2, 0.25) is 0 Å². The van der Waals surface area contributed by atoms with E-state index in [-0.39, 0.29) is 4.90 Å². The monoisotopic (exact) mass is 472 g/mol. The Hall–Kier alpha value is -3.64. The van der Waals surface area contributed by atoms with Gasteiger partial charge in [-0.05, 0) is 115 Å². The molecule has 6 heteroatoms. The number of carbonyl (C=O) groups excluding carboxylic acids is 1. The van der Waals surface area contributed by atoms with E-state index in [1.165, 1.54) is 17.7 Å². The second-order valence-corrected chi connectivity index (χ2v) is 10.3. The zero-order valence-corrected chi connectivity index (χ0v) is 20.8. The van der Waals surface area contributed by atoms with Crippen molar-refractivity contribution in [3.63, 3.8) is 0 Å². The summed E-state index contributed by atoms with van der Waals surface area (Å²) in [5, 5.41) is 1.16. The van der Waals surface area contributed by atoms with Crippen LogP contribution in [-0.4, -0.2) is 19.3 Å². The van der Waals surface area contributed by atoms with Crippen molar-refractivity contribution in [2.45, 2.75) is 39.5 Å². The fourth-order valence-corrected chi connectivity index (χ4v) is 5.38. The van der Waals surface area contributed by atoms with Crippen LogP contribution in [0, 0.1) is 27.7 Å². The van der Waals surface area contributed by atoms with E-state index in [1.807, 2.05) is 20.0 Å². The fraction of sp³-hybridized carbons (Fsp3) is 0.179. The third-order valence-corrected chi connectivity index (χ3v) is 7.87. The number of aromatic amines is 1. The van der Waals surface area contributed by atoms with E-state index >= 15 is 0 Å². The largest absolute Gasteiger partial charge is 0.361 e. The van der Waals surface area contributed by atoms with Gasteiger partial charge in [-0.25, -0.2) is 13.1 Å². The maximum Gasteiger partial charge on any atom is 0.264 e. The number of aromatic nitrogens is 1. The molecule has 0 unspecified atom stereocenters. The average Bonchev–Trinajstić information content (AvgIpc) is 3.29. The Morgan fingerprint density at radius 3 is 2.18 bits per heavy atom. The first-order valence-electron chi connectivity index (χ1n) is 11.1. The summed E-state index contributed by atoms with van der Waals surface area (Å²) >= 11 is 0. The highest BCUT2D eigenvalue weighted by Gasteiger charge is 2.20. The van der Waals surface area contributed by atoms with E-state index in [4.69, 9.17) is 0 Å². The summed E-state index contributed by atoms with van der Waals surface area (Å²) in [5.74, 6) is -0.639. The predicted molar refractivity (Wildman–Crippen MR) is 138 cm³/mol. The Morgan fingerprint density at radius 1 is 0.882 bits per heavy atom. The van der Waals surface area contributed by atoms with Crippen molar-refractivity contribution in [1.82, 2.24) is 9.71 Å². The first kappa shape index (κ1) is 23.5. The lowest BCUT2D eigenvalue weighted by Crippen LogP contribution is -2.31. The molecule has 174 valence electrons. The molecule has 0 aliphatic rings. The van der Waals surface area contributed by atoms with Gasteiger partial charge in [0.1, 0.15) is 0 Å². The van der Waals surface area contributed by atoms with Gasteiger partial charge < -0.3 is 4.98 Å². The molecular weight excluding hydrogens is 444 g/mol. The van der Waals surface area contributed by atoms with Crippen molar-refractivity contribution in [3.8, 4) is 11.1 Å². The van der Waals surface area contributed by atoms with Crippen molar-refractivity contribution in [2.24, 2.45) is 0 Å². The highest BCUT2D eigenvalue weighted by atomic mass is 32.2.